The lowest BCUT2D eigenvalue weighted by Crippen LogP contribution is -2.57. The number of aromatic hydroxyl groups is 1. The first-order chi connectivity index (χ1) is 23.2. The molecule has 0 aliphatic rings. The van der Waals surface area contributed by atoms with E-state index in [1.165, 1.54) is 17.0 Å². The van der Waals surface area contributed by atoms with Crippen LogP contribution >= 0.6 is 0 Å². The van der Waals surface area contributed by atoms with Crippen LogP contribution in [0.4, 0.5) is 4.79 Å². The number of rotatable bonds is 12. The summed E-state index contributed by atoms with van der Waals surface area (Å²) in [6.45, 7) is 17.8. The van der Waals surface area contributed by atoms with Crippen LogP contribution in [-0.2, 0) is 36.7 Å². The molecule has 0 spiro atoms. The number of nitrogens with one attached hydrogen (secondary N) is 2. The number of alkyl carbamates (subject to hydrolysis) is 1. The van der Waals surface area contributed by atoms with E-state index in [-0.39, 0.29) is 18.6 Å². The van der Waals surface area contributed by atoms with Gasteiger partial charge < -0.3 is 30.1 Å². The zero-order chi connectivity index (χ0) is 37.4. The number of benzene rings is 3. The highest BCUT2D eigenvalue weighted by atomic mass is 16.6. The van der Waals surface area contributed by atoms with E-state index >= 15 is 0 Å². The Kier molecular flexibility index (Phi) is 13.2. The van der Waals surface area contributed by atoms with Gasteiger partial charge in [0.15, 0.2) is 0 Å². The van der Waals surface area contributed by atoms with Gasteiger partial charge in [0, 0.05) is 18.9 Å². The molecule has 0 aromatic heterocycles. The zero-order valence-electron chi connectivity index (χ0n) is 31.0. The van der Waals surface area contributed by atoms with E-state index in [0.29, 0.717) is 11.1 Å². The van der Waals surface area contributed by atoms with Crippen molar-refractivity contribution in [2.24, 2.45) is 0 Å². The monoisotopic (exact) mass is 687 g/mol. The highest BCUT2D eigenvalue weighted by Gasteiger charge is 2.40. The second-order valence-corrected chi connectivity index (χ2v) is 15.0. The molecule has 0 heterocycles. The number of phenols is 1. The van der Waals surface area contributed by atoms with Crippen molar-refractivity contribution in [1.29, 1.82) is 0 Å². The average molecular weight is 688 g/mol. The molecule has 0 aliphatic carbocycles. The molecular formula is C40H53N3O7. The number of carbonyl (C=O) groups is 4. The van der Waals surface area contributed by atoms with Crippen LogP contribution in [0.1, 0.15) is 89.2 Å². The summed E-state index contributed by atoms with van der Waals surface area (Å²) in [6, 6.07) is 17.4. The van der Waals surface area contributed by atoms with Crippen LogP contribution in [0, 0.1) is 13.8 Å². The van der Waals surface area contributed by atoms with E-state index in [0.717, 1.165) is 16.7 Å². The van der Waals surface area contributed by atoms with Crippen molar-refractivity contribution in [2.75, 3.05) is 0 Å². The molecule has 3 N–H and O–H groups in total. The molecule has 3 rings (SSSR count). The van der Waals surface area contributed by atoms with Gasteiger partial charge in [-0.15, -0.1) is 0 Å². The Bertz CT molecular complexity index is 1620. The molecule has 3 atom stereocenters. The highest BCUT2D eigenvalue weighted by molar-refractivity contribution is 5.94. The third-order valence-electron chi connectivity index (χ3n) is 7.72. The second kappa shape index (κ2) is 16.7. The first-order valence-corrected chi connectivity index (χ1v) is 17.0. The lowest BCUT2D eigenvalue weighted by molar-refractivity contribution is -0.159. The third kappa shape index (κ3) is 11.9. The van der Waals surface area contributed by atoms with E-state index in [1.807, 2.05) is 62.4 Å². The minimum atomic E-state index is -1.19. The third-order valence-corrected chi connectivity index (χ3v) is 7.72. The Balaban J connectivity index is 2.14. The minimum Gasteiger partial charge on any atom is -0.508 e. The van der Waals surface area contributed by atoms with Gasteiger partial charge in [-0.3, -0.25) is 9.59 Å². The van der Waals surface area contributed by atoms with Crippen LogP contribution in [0.3, 0.4) is 0 Å². The van der Waals surface area contributed by atoms with Gasteiger partial charge in [0.1, 0.15) is 35.1 Å². The van der Waals surface area contributed by atoms with Gasteiger partial charge in [-0.05, 0) is 104 Å². The lowest BCUT2D eigenvalue weighted by atomic mass is 9.94. The Morgan fingerprint density at radius 1 is 0.740 bits per heavy atom. The maximum absolute atomic E-state index is 14.8. The van der Waals surface area contributed by atoms with Gasteiger partial charge in [-0.25, -0.2) is 9.59 Å². The van der Waals surface area contributed by atoms with Crippen LogP contribution in [0.2, 0.25) is 0 Å². The molecule has 50 heavy (non-hydrogen) atoms. The van der Waals surface area contributed by atoms with E-state index < -0.39 is 59.2 Å². The van der Waals surface area contributed by atoms with Crippen molar-refractivity contribution in [1.82, 2.24) is 15.5 Å². The van der Waals surface area contributed by atoms with Crippen molar-refractivity contribution < 1.29 is 33.8 Å². The van der Waals surface area contributed by atoms with E-state index in [1.54, 1.807) is 67.5 Å². The van der Waals surface area contributed by atoms with Gasteiger partial charge >= 0.3 is 12.1 Å². The van der Waals surface area contributed by atoms with E-state index in [9.17, 15) is 24.3 Å². The Morgan fingerprint density at radius 2 is 1.30 bits per heavy atom. The lowest BCUT2D eigenvalue weighted by Gasteiger charge is -2.38. The quantitative estimate of drug-likeness (QED) is 0.185. The topological polar surface area (TPSA) is 134 Å². The largest absolute Gasteiger partial charge is 0.508 e. The smallest absolute Gasteiger partial charge is 0.408 e. The fraction of sp³-hybridized carbons (Fsp3) is 0.450. The summed E-state index contributed by atoms with van der Waals surface area (Å²) < 4.78 is 11.3. The van der Waals surface area contributed by atoms with Crippen molar-refractivity contribution in [3.63, 3.8) is 0 Å². The highest BCUT2D eigenvalue weighted by Crippen LogP contribution is 2.30. The van der Waals surface area contributed by atoms with Crippen molar-refractivity contribution >= 4 is 23.9 Å². The second-order valence-electron chi connectivity index (χ2n) is 15.0. The van der Waals surface area contributed by atoms with Crippen LogP contribution in [0.5, 0.6) is 5.75 Å². The van der Waals surface area contributed by atoms with Crippen LogP contribution in [-0.4, -0.2) is 63.2 Å². The zero-order valence-corrected chi connectivity index (χ0v) is 31.0. The predicted octanol–water partition coefficient (Wildman–Crippen LogP) is 6.49. The summed E-state index contributed by atoms with van der Waals surface area (Å²) in [5.41, 5.74) is 2.07. The van der Waals surface area contributed by atoms with Crippen LogP contribution in [0.15, 0.2) is 72.8 Å². The molecular weight excluding hydrogens is 634 g/mol. The minimum absolute atomic E-state index is 0.0528. The number of amides is 3. The number of phenolic OH excluding ortho intramolecular Hbond substituents is 1. The summed E-state index contributed by atoms with van der Waals surface area (Å²) in [5, 5.41) is 15.5. The van der Waals surface area contributed by atoms with E-state index in [2.05, 4.69) is 10.6 Å². The summed E-state index contributed by atoms with van der Waals surface area (Å²) in [5.74, 6) is -1.65. The summed E-state index contributed by atoms with van der Waals surface area (Å²) >= 11 is 0. The molecule has 10 nitrogen and oxygen atoms in total. The van der Waals surface area contributed by atoms with Gasteiger partial charge in [0.05, 0.1) is 0 Å². The average Bonchev–Trinajstić information content (AvgIpc) is 2.99. The number of nitrogens with zero attached hydrogens (tertiary/aromatic N) is 1. The van der Waals surface area contributed by atoms with Gasteiger partial charge in [-0.1, -0.05) is 66.2 Å². The number of aryl methyl sites for hydroxylation is 2. The molecule has 0 aliphatic heterocycles. The van der Waals surface area contributed by atoms with Gasteiger partial charge in [0.2, 0.25) is 11.8 Å². The van der Waals surface area contributed by atoms with Crippen molar-refractivity contribution in [3.05, 3.63) is 101 Å². The molecule has 3 aromatic carbocycles. The normalized spacial score (nSPS) is 13.5. The molecule has 10 heteroatoms. The van der Waals surface area contributed by atoms with Gasteiger partial charge in [0.25, 0.3) is 0 Å². The molecule has 3 aromatic rings. The van der Waals surface area contributed by atoms with E-state index in [4.69, 9.17) is 9.47 Å². The predicted molar refractivity (Wildman–Crippen MR) is 194 cm³/mol. The molecule has 3 amide bonds. The number of carbonyl (C=O) groups excluding carboxylic acids is 4. The fourth-order valence-electron chi connectivity index (χ4n) is 5.52. The number of esters is 1. The number of ether oxygens (including phenoxy) is 2. The molecule has 0 saturated heterocycles. The molecule has 270 valence electrons. The maximum atomic E-state index is 14.8. The van der Waals surface area contributed by atoms with Crippen molar-refractivity contribution in [3.8, 4) is 5.75 Å². The molecule has 0 fully saturated rings. The first-order valence-electron chi connectivity index (χ1n) is 17.0. The van der Waals surface area contributed by atoms with Crippen LogP contribution in [0.25, 0.3) is 0 Å². The Labute approximate surface area is 296 Å². The van der Waals surface area contributed by atoms with Gasteiger partial charge in [-0.2, -0.15) is 0 Å². The molecule has 0 radical (unpaired) electrons. The Hall–Kier alpha value is -4.86. The molecule has 3 unspecified atom stereocenters. The van der Waals surface area contributed by atoms with Crippen LogP contribution < -0.4 is 10.6 Å². The van der Waals surface area contributed by atoms with Crippen molar-refractivity contribution in [2.45, 2.75) is 117 Å². The maximum Gasteiger partial charge on any atom is 0.408 e. The molecule has 0 bridgehead atoms. The SMILES string of the molecule is Cc1ccc(C)c(C(C(=O)NC(Cc2ccccc2)C(=O)OC(C)(C)C)N(C(=O)C(Cc2ccc(O)cc2)NC(=O)OC(C)(C)C)C(C)C)c1. The fourth-order valence-corrected chi connectivity index (χ4v) is 5.52. The summed E-state index contributed by atoms with van der Waals surface area (Å²) in [6.07, 6.45) is -0.573. The standard InChI is InChI=1S/C40H53N3O7/c1-25(2)43(36(46)32(42-38(48)50-40(8,9)10)23-29-18-20-30(44)21-19-29)34(31-22-26(3)16-17-27(31)4)35(45)41-33(37(47)49-39(5,6)7)24-28-14-12-11-13-15-28/h11-22,25,32-34,44H,23-24H2,1-10H3,(H,41,45)(H,42,48). The number of hydrogen-bond acceptors (Lipinski definition) is 7. The summed E-state index contributed by atoms with van der Waals surface area (Å²) in [4.78, 5) is 57.7. The summed E-state index contributed by atoms with van der Waals surface area (Å²) in [7, 11) is 0. The Morgan fingerprint density at radius 3 is 1.86 bits per heavy atom. The number of hydrogen-bond donors (Lipinski definition) is 3. The molecule has 0 saturated carbocycles. The first kappa shape index (κ1) is 39.6.